The molecule has 1 N–H and O–H groups in total. The zero-order chi connectivity index (χ0) is 17.4. The molecule has 3 aromatic rings. The number of carbonyl (C=O) groups excluding carboxylic acids is 1. The van der Waals surface area contributed by atoms with Crippen LogP contribution in [0.4, 0.5) is 5.82 Å². The molecule has 0 saturated carbocycles. The van der Waals surface area contributed by atoms with Gasteiger partial charge in [-0.25, -0.2) is 0 Å². The second kappa shape index (κ2) is 5.86. The van der Waals surface area contributed by atoms with E-state index in [0.29, 0.717) is 0 Å². The third-order valence-electron chi connectivity index (χ3n) is 4.27. The Morgan fingerprint density at radius 1 is 1.12 bits per heavy atom. The first-order chi connectivity index (χ1) is 12.1. The van der Waals surface area contributed by atoms with Gasteiger partial charge in [0.2, 0.25) is 12.2 Å². The number of nitro groups is 1. The van der Waals surface area contributed by atoms with Crippen LogP contribution in [0.15, 0.2) is 61.1 Å². The number of imidazole rings is 1. The molecule has 0 atom stereocenters. The zero-order valence-electron chi connectivity index (χ0n) is 13.1. The summed E-state index contributed by atoms with van der Waals surface area (Å²) in [7, 11) is 0. The summed E-state index contributed by atoms with van der Waals surface area (Å²) in [6.07, 6.45) is 2.53. The van der Waals surface area contributed by atoms with Crippen molar-refractivity contribution >= 4 is 11.7 Å². The second-order valence-corrected chi connectivity index (χ2v) is 5.84. The molecule has 1 amide bonds. The number of hydrogen-bond donors (Lipinski definition) is 1. The van der Waals surface area contributed by atoms with Crippen molar-refractivity contribution in [2.75, 3.05) is 0 Å². The van der Waals surface area contributed by atoms with Crippen molar-refractivity contribution in [3.8, 4) is 11.1 Å². The lowest BCUT2D eigenvalue weighted by atomic mass is 10.1. The van der Waals surface area contributed by atoms with Crippen molar-refractivity contribution < 1.29 is 9.72 Å². The van der Waals surface area contributed by atoms with Crippen LogP contribution in [0, 0.1) is 10.1 Å². The molecule has 0 radical (unpaired) electrons. The third-order valence-corrected chi connectivity index (χ3v) is 4.27. The van der Waals surface area contributed by atoms with E-state index >= 15 is 0 Å². The normalized spacial score (nSPS) is 12.5. The highest BCUT2D eigenvalue weighted by molar-refractivity contribution is 5.83. The lowest BCUT2D eigenvalue weighted by Gasteiger charge is -2.16. The van der Waals surface area contributed by atoms with Gasteiger partial charge in [-0.3, -0.25) is 4.79 Å². The zero-order valence-corrected chi connectivity index (χ0v) is 13.1. The molecule has 0 aliphatic heterocycles. The van der Waals surface area contributed by atoms with Gasteiger partial charge in [-0.1, -0.05) is 48.5 Å². The molecule has 2 aromatic carbocycles. The predicted octanol–water partition coefficient (Wildman–Crippen LogP) is 2.68. The van der Waals surface area contributed by atoms with Crippen molar-refractivity contribution in [2.24, 2.45) is 0 Å². The highest BCUT2D eigenvalue weighted by atomic mass is 16.6. The number of carbonyl (C=O) groups is 1. The van der Waals surface area contributed by atoms with Crippen LogP contribution in [-0.2, 0) is 11.3 Å². The molecule has 0 fully saturated rings. The van der Waals surface area contributed by atoms with Crippen molar-refractivity contribution in [2.45, 2.75) is 12.6 Å². The summed E-state index contributed by atoms with van der Waals surface area (Å²) in [4.78, 5) is 26.2. The number of hydrogen-bond acceptors (Lipinski definition) is 4. The Kier molecular flexibility index (Phi) is 3.53. The minimum atomic E-state index is -0.585. The first-order valence-corrected chi connectivity index (χ1v) is 7.77. The smallest absolute Gasteiger partial charge is 0.358 e. The Bertz CT molecular complexity index is 934. The van der Waals surface area contributed by atoms with E-state index < -0.39 is 4.92 Å². The first-order valence-electron chi connectivity index (χ1n) is 7.77. The number of amides is 1. The molecule has 124 valence electrons. The largest absolute Gasteiger partial charge is 0.381 e. The van der Waals surface area contributed by atoms with E-state index in [1.54, 1.807) is 0 Å². The van der Waals surface area contributed by atoms with Gasteiger partial charge in [-0.2, -0.15) is 0 Å². The monoisotopic (exact) mass is 334 g/mol. The van der Waals surface area contributed by atoms with Gasteiger partial charge in [0.05, 0.1) is 6.04 Å². The maximum atomic E-state index is 12.4. The fourth-order valence-electron chi connectivity index (χ4n) is 3.21. The fraction of sp³-hybridized carbons (Fsp3) is 0.111. The van der Waals surface area contributed by atoms with Gasteiger partial charge in [-0.15, -0.1) is 0 Å². The number of rotatable bonds is 4. The minimum absolute atomic E-state index is 0.0261. The quantitative estimate of drug-likeness (QED) is 0.587. The fourth-order valence-corrected chi connectivity index (χ4v) is 3.21. The molecule has 0 spiro atoms. The van der Waals surface area contributed by atoms with Gasteiger partial charge < -0.3 is 20.0 Å². The second-order valence-electron chi connectivity index (χ2n) is 5.84. The van der Waals surface area contributed by atoms with Gasteiger partial charge in [0.1, 0.15) is 12.7 Å². The van der Waals surface area contributed by atoms with Gasteiger partial charge >= 0.3 is 5.82 Å². The SMILES string of the molecule is O=C(Cn1cnc([N+](=O)[O-])c1)NC1c2ccccc2-c2ccccc21. The van der Waals surface area contributed by atoms with E-state index in [-0.39, 0.29) is 24.3 Å². The van der Waals surface area contributed by atoms with Gasteiger partial charge in [0.25, 0.3) is 0 Å². The Balaban J connectivity index is 1.57. The molecule has 25 heavy (non-hydrogen) atoms. The molecule has 1 aliphatic carbocycles. The maximum absolute atomic E-state index is 12.4. The van der Waals surface area contributed by atoms with E-state index in [1.807, 2.05) is 48.5 Å². The number of benzene rings is 2. The van der Waals surface area contributed by atoms with Crippen LogP contribution in [0.3, 0.4) is 0 Å². The van der Waals surface area contributed by atoms with E-state index in [2.05, 4.69) is 10.3 Å². The van der Waals surface area contributed by atoms with E-state index in [1.165, 1.54) is 17.1 Å². The molecule has 1 aliphatic rings. The number of nitrogens with zero attached hydrogens (tertiary/aromatic N) is 3. The predicted molar refractivity (Wildman–Crippen MR) is 90.7 cm³/mol. The standard InChI is InChI=1S/C18H14N4O3/c23-17(10-21-9-16(19-11-21)22(24)25)20-18-14-7-3-1-5-12(14)13-6-2-4-8-15(13)18/h1-9,11,18H,10H2,(H,20,23). The molecule has 1 heterocycles. The van der Waals surface area contributed by atoms with Crippen LogP contribution < -0.4 is 5.32 Å². The molecule has 4 rings (SSSR count). The molecule has 0 saturated heterocycles. The molecule has 0 bridgehead atoms. The van der Waals surface area contributed by atoms with Gasteiger partial charge in [0.15, 0.2) is 0 Å². The molecule has 0 unspecified atom stereocenters. The van der Waals surface area contributed by atoms with Crippen molar-refractivity contribution in [1.82, 2.24) is 14.9 Å². The van der Waals surface area contributed by atoms with Crippen molar-refractivity contribution in [3.05, 3.63) is 82.3 Å². The average molecular weight is 334 g/mol. The van der Waals surface area contributed by atoms with E-state index in [4.69, 9.17) is 0 Å². The van der Waals surface area contributed by atoms with Gasteiger partial charge in [-0.05, 0) is 32.2 Å². The van der Waals surface area contributed by atoms with Crippen LogP contribution in [0.2, 0.25) is 0 Å². The Morgan fingerprint density at radius 3 is 2.28 bits per heavy atom. The Morgan fingerprint density at radius 2 is 1.72 bits per heavy atom. The average Bonchev–Trinajstić information content (AvgIpc) is 3.19. The summed E-state index contributed by atoms with van der Waals surface area (Å²) in [5.74, 6) is -0.506. The summed E-state index contributed by atoms with van der Waals surface area (Å²) in [6, 6.07) is 15.7. The molecule has 1 aromatic heterocycles. The summed E-state index contributed by atoms with van der Waals surface area (Å²) >= 11 is 0. The summed E-state index contributed by atoms with van der Waals surface area (Å²) < 4.78 is 1.40. The molecule has 7 nitrogen and oxygen atoms in total. The molecule has 7 heteroatoms. The summed E-state index contributed by atoms with van der Waals surface area (Å²) in [5.41, 5.74) is 4.32. The lowest BCUT2D eigenvalue weighted by Crippen LogP contribution is -2.31. The number of aromatic nitrogens is 2. The van der Waals surface area contributed by atoms with Gasteiger partial charge in [0, 0.05) is 0 Å². The van der Waals surface area contributed by atoms with Crippen molar-refractivity contribution in [1.29, 1.82) is 0 Å². The van der Waals surface area contributed by atoms with Crippen LogP contribution in [-0.4, -0.2) is 20.4 Å². The van der Waals surface area contributed by atoms with E-state index in [0.717, 1.165) is 22.3 Å². The van der Waals surface area contributed by atoms with E-state index in [9.17, 15) is 14.9 Å². The minimum Gasteiger partial charge on any atom is -0.358 e. The van der Waals surface area contributed by atoms with Crippen LogP contribution in [0.25, 0.3) is 11.1 Å². The van der Waals surface area contributed by atoms with Crippen LogP contribution in [0.5, 0.6) is 0 Å². The third kappa shape index (κ3) is 2.65. The topological polar surface area (TPSA) is 90.1 Å². The number of fused-ring (bicyclic) bond motifs is 3. The van der Waals surface area contributed by atoms with Crippen molar-refractivity contribution in [3.63, 3.8) is 0 Å². The summed E-state index contributed by atoms with van der Waals surface area (Å²) in [6.45, 7) is -0.0261. The lowest BCUT2D eigenvalue weighted by molar-refractivity contribution is -0.389. The highest BCUT2D eigenvalue weighted by Gasteiger charge is 2.29. The number of nitrogens with one attached hydrogen (secondary N) is 1. The first kappa shape index (κ1) is 15.1. The summed E-state index contributed by atoms with van der Waals surface area (Å²) in [5, 5.41) is 13.7. The van der Waals surface area contributed by atoms with Crippen LogP contribution in [0.1, 0.15) is 17.2 Å². The Hall–Kier alpha value is -3.48. The molecular weight excluding hydrogens is 320 g/mol. The Labute approximate surface area is 143 Å². The highest BCUT2D eigenvalue weighted by Crippen LogP contribution is 2.42. The van der Waals surface area contributed by atoms with Crippen LogP contribution >= 0.6 is 0 Å². The maximum Gasteiger partial charge on any atom is 0.381 e. The molecular formula is C18H14N4O3.